The molecule has 4 nitrogen and oxygen atoms in total. The van der Waals surface area contributed by atoms with Gasteiger partial charge in [-0.1, -0.05) is 24.4 Å². The van der Waals surface area contributed by atoms with Crippen molar-refractivity contribution in [1.82, 2.24) is 4.98 Å². The number of rotatable bonds is 1. The monoisotopic (exact) mass is 291 g/mol. The van der Waals surface area contributed by atoms with Crippen LogP contribution in [0.3, 0.4) is 0 Å². The summed E-state index contributed by atoms with van der Waals surface area (Å²) < 4.78 is 0. The van der Waals surface area contributed by atoms with E-state index in [1.807, 2.05) is 0 Å². The van der Waals surface area contributed by atoms with E-state index in [1.165, 1.54) is 6.42 Å². The molecule has 2 fully saturated rings. The van der Waals surface area contributed by atoms with Gasteiger partial charge in [0.1, 0.15) is 11.0 Å². The highest BCUT2D eigenvalue weighted by Crippen LogP contribution is 2.40. The Labute approximate surface area is 124 Å². The number of pyridine rings is 1. The predicted molar refractivity (Wildman–Crippen MR) is 77.7 cm³/mol. The van der Waals surface area contributed by atoms with Crippen molar-refractivity contribution in [3.63, 3.8) is 0 Å². The van der Waals surface area contributed by atoms with E-state index in [2.05, 4.69) is 16.0 Å². The smallest absolute Gasteiger partial charge is 0.132 e. The van der Waals surface area contributed by atoms with Gasteiger partial charge in [0.15, 0.2) is 0 Å². The maximum absolute atomic E-state index is 10.7. The molecule has 3 rings (SSSR count). The van der Waals surface area contributed by atoms with Crippen molar-refractivity contribution in [1.29, 1.82) is 5.26 Å². The van der Waals surface area contributed by atoms with Gasteiger partial charge in [-0.3, -0.25) is 0 Å². The lowest BCUT2D eigenvalue weighted by atomic mass is 9.71. The van der Waals surface area contributed by atoms with Crippen LogP contribution in [0.15, 0.2) is 12.1 Å². The zero-order valence-corrected chi connectivity index (χ0v) is 12.1. The zero-order valence-electron chi connectivity index (χ0n) is 11.3. The summed E-state index contributed by atoms with van der Waals surface area (Å²) in [5, 5.41) is 20.1. The Balaban J connectivity index is 1.83. The van der Waals surface area contributed by atoms with Crippen molar-refractivity contribution in [2.75, 3.05) is 18.0 Å². The van der Waals surface area contributed by atoms with E-state index < -0.39 is 5.60 Å². The van der Waals surface area contributed by atoms with Crippen LogP contribution in [0.2, 0.25) is 5.15 Å². The van der Waals surface area contributed by atoms with E-state index >= 15 is 0 Å². The molecule has 0 spiro atoms. The Morgan fingerprint density at radius 1 is 1.40 bits per heavy atom. The minimum Gasteiger partial charge on any atom is -0.389 e. The third-order valence-electron chi connectivity index (χ3n) is 4.66. The van der Waals surface area contributed by atoms with Crippen molar-refractivity contribution in [2.45, 2.75) is 37.7 Å². The van der Waals surface area contributed by atoms with Gasteiger partial charge in [0, 0.05) is 19.0 Å². The summed E-state index contributed by atoms with van der Waals surface area (Å²) in [4.78, 5) is 6.47. The van der Waals surface area contributed by atoms with Gasteiger partial charge >= 0.3 is 0 Å². The molecule has 1 aliphatic heterocycles. The number of anilines is 1. The maximum atomic E-state index is 10.7. The molecule has 0 aromatic carbocycles. The highest BCUT2D eigenvalue weighted by Gasteiger charge is 2.43. The first kappa shape index (κ1) is 13.7. The fourth-order valence-corrected chi connectivity index (χ4v) is 3.69. The molecule has 2 heterocycles. The summed E-state index contributed by atoms with van der Waals surface area (Å²) >= 11 is 5.97. The molecule has 1 aromatic heterocycles. The van der Waals surface area contributed by atoms with Crippen molar-refractivity contribution >= 4 is 17.4 Å². The van der Waals surface area contributed by atoms with Crippen LogP contribution in [0.25, 0.3) is 0 Å². The summed E-state index contributed by atoms with van der Waals surface area (Å²) in [6, 6.07) is 5.46. The van der Waals surface area contributed by atoms with Gasteiger partial charge in [-0.2, -0.15) is 5.26 Å². The molecule has 1 saturated carbocycles. The molecule has 20 heavy (non-hydrogen) atoms. The van der Waals surface area contributed by atoms with Crippen LogP contribution >= 0.6 is 11.6 Å². The number of aliphatic hydroxyl groups is 1. The fourth-order valence-electron chi connectivity index (χ4n) is 3.49. The molecule has 0 radical (unpaired) electrons. The molecular formula is C15H18ClN3O. The third-order valence-corrected chi connectivity index (χ3v) is 4.85. The summed E-state index contributed by atoms with van der Waals surface area (Å²) in [6.45, 7) is 1.57. The van der Waals surface area contributed by atoms with E-state index in [0.29, 0.717) is 16.6 Å². The average molecular weight is 292 g/mol. The lowest BCUT2D eigenvalue weighted by molar-refractivity contribution is -0.0613. The van der Waals surface area contributed by atoms with E-state index in [1.54, 1.807) is 12.1 Å². The second-order valence-corrected chi connectivity index (χ2v) is 6.28. The number of hydrogen-bond donors (Lipinski definition) is 1. The first-order valence-electron chi connectivity index (χ1n) is 7.16. The third kappa shape index (κ3) is 2.48. The van der Waals surface area contributed by atoms with Crippen LogP contribution < -0.4 is 4.90 Å². The van der Waals surface area contributed by atoms with Gasteiger partial charge in [0.05, 0.1) is 17.2 Å². The highest BCUT2D eigenvalue weighted by molar-refractivity contribution is 6.29. The quantitative estimate of drug-likeness (QED) is 0.808. The van der Waals surface area contributed by atoms with E-state index in [4.69, 9.17) is 16.9 Å². The van der Waals surface area contributed by atoms with Crippen molar-refractivity contribution in [3.05, 3.63) is 22.8 Å². The highest BCUT2D eigenvalue weighted by atomic mass is 35.5. The summed E-state index contributed by atoms with van der Waals surface area (Å²) in [5.41, 5.74) is 0.0373. The molecule has 1 N–H and O–H groups in total. The van der Waals surface area contributed by atoms with Gasteiger partial charge in [-0.25, -0.2) is 4.98 Å². The second-order valence-electron chi connectivity index (χ2n) is 5.89. The van der Waals surface area contributed by atoms with Crippen molar-refractivity contribution in [2.24, 2.45) is 5.92 Å². The number of hydrogen-bond acceptors (Lipinski definition) is 4. The van der Waals surface area contributed by atoms with Crippen molar-refractivity contribution in [3.8, 4) is 6.07 Å². The van der Waals surface area contributed by atoms with Crippen LogP contribution in [0.4, 0.5) is 5.82 Å². The minimum atomic E-state index is -0.495. The summed E-state index contributed by atoms with van der Waals surface area (Å²) in [5.74, 6) is 1.05. The van der Waals surface area contributed by atoms with Gasteiger partial charge in [0.25, 0.3) is 0 Å². The largest absolute Gasteiger partial charge is 0.389 e. The Morgan fingerprint density at radius 2 is 2.25 bits per heavy atom. The number of fused-ring (bicyclic) bond motifs is 1. The molecule has 106 valence electrons. The lowest BCUT2D eigenvalue weighted by Gasteiger charge is -2.47. The van der Waals surface area contributed by atoms with Crippen LogP contribution in [0.5, 0.6) is 0 Å². The van der Waals surface area contributed by atoms with Crippen LogP contribution in [-0.2, 0) is 0 Å². The number of piperidine rings is 1. The SMILES string of the molecule is N#Cc1cc(Cl)nc(N2CCC3(O)CCCCC3C2)c1. The van der Waals surface area contributed by atoms with Gasteiger partial charge < -0.3 is 10.0 Å². The first-order valence-corrected chi connectivity index (χ1v) is 7.53. The molecule has 5 heteroatoms. The van der Waals surface area contributed by atoms with Crippen LogP contribution in [0, 0.1) is 17.2 Å². The van der Waals surface area contributed by atoms with Crippen LogP contribution in [-0.4, -0.2) is 28.8 Å². The van der Waals surface area contributed by atoms with E-state index in [-0.39, 0.29) is 0 Å². The Kier molecular flexibility index (Phi) is 3.57. The number of nitriles is 1. The molecule has 1 aromatic rings. The average Bonchev–Trinajstić information content (AvgIpc) is 2.45. The molecule has 0 bridgehead atoms. The molecule has 1 aliphatic carbocycles. The fraction of sp³-hybridized carbons (Fsp3) is 0.600. The minimum absolute atomic E-state index is 0.302. The molecule has 2 aliphatic rings. The molecule has 0 amide bonds. The Hall–Kier alpha value is -1.31. The molecule has 2 unspecified atom stereocenters. The second kappa shape index (κ2) is 5.23. The topological polar surface area (TPSA) is 60.2 Å². The summed E-state index contributed by atoms with van der Waals surface area (Å²) in [6.07, 6.45) is 5.07. The normalized spacial score (nSPS) is 29.6. The summed E-state index contributed by atoms with van der Waals surface area (Å²) in [7, 11) is 0. The first-order chi connectivity index (χ1) is 9.60. The number of nitrogens with zero attached hydrogens (tertiary/aromatic N) is 3. The van der Waals surface area contributed by atoms with E-state index in [0.717, 1.165) is 44.6 Å². The molecule has 2 atom stereocenters. The lowest BCUT2D eigenvalue weighted by Crippen LogP contribution is -2.53. The van der Waals surface area contributed by atoms with Gasteiger partial charge in [0.2, 0.25) is 0 Å². The van der Waals surface area contributed by atoms with Gasteiger partial charge in [-0.15, -0.1) is 0 Å². The van der Waals surface area contributed by atoms with Crippen molar-refractivity contribution < 1.29 is 5.11 Å². The number of aromatic nitrogens is 1. The van der Waals surface area contributed by atoms with Gasteiger partial charge in [-0.05, 0) is 31.4 Å². The molecular weight excluding hydrogens is 274 g/mol. The van der Waals surface area contributed by atoms with E-state index in [9.17, 15) is 5.11 Å². The zero-order chi connectivity index (χ0) is 14.2. The standard InChI is InChI=1S/C15H18ClN3O/c16-13-7-11(9-17)8-14(18-13)19-6-5-15(20)4-2-1-3-12(15)10-19/h7-8,12,20H,1-6,10H2. The maximum Gasteiger partial charge on any atom is 0.132 e. The van der Waals surface area contributed by atoms with Crippen LogP contribution in [0.1, 0.15) is 37.7 Å². The Morgan fingerprint density at radius 3 is 3.05 bits per heavy atom. The predicted octanol–water partition coefficient (Wildman–Crippen LogP) is 2.74. The number of halogens is 1. The Bertz CT molecular complexity index is 557. The molecule has 1 saturated heterocycles.